The van der Waals surface area contributed by atoms with Gasteiger partial charge >= 0.3 is 0 Å². The third-order valence-corrected chi connectivity index (χ3v) is 7.95. The summed E-state index contributed by atoms with van der Waals surface area (Å²) >= 11 is 0. The van der Waals surface area contributed by atoms with E-state index >= 15 is 0 Å². The molecule has 0 spiro atoms. The average Bonchev–Trinajstić information content (AvgIpc) is 3.27. The third-order valence-electron chi connectivity index (χ3n) is 6.76. The molecule has 204 valence electrons. The molecule has 0 fully saturated rings. The molecule has 4 aromatic carbocycles. The zero-order valence-electron chi connectivity index (χ0n) is 22.8. The maximum atomic E-state index is 13.4. The first-order valence-electron chi connectivity index (χ1n) is 13.0. The number of nitrogens with zero attached hydrogens (tertiary/aromatic N) is 2. The van der Waals surface area contributed by atoms with Gasteiger partial charge in [-0.3, -0.25) is 9.10 Å². The van der Waals surface area contributed by atoms with Gasteiger partial charge in [0.15, 0.2) is 0 Å². The van der Waals surface area contributed by atoms with Gasteiger partial charge in [-0.15, -0.1) is 0 Å². The predicted octanol–water partition coefficient (Wildman–Crippen LogP) is 5.61. The van der Waals surface area contributed by atoms with Crippen molar-refractivity contribution in [1.29, 1.82) is 0 Å². The van der Waals surface area contributed by atoms with Crippen LogP contribution in [-0.2, 0) is 14.8 Å². The van der Waals surface area contributed by atoms with Crippen LogP contribution in [0.3, 0.4) is 0 Å². The normalized spacial score (nSPS) is 14.1. The van der Waals surface area contributed by atoms with E-state index in [1.807, 2.05) is 110 Å². The molecule has 0 saturated heterocycles. The Morgan fingerprint density at radius 1 is 0.800 bits per heavy atom. The van der Waals surface area contributed by atoms with Crippen LogP contribution in [0.1, 0.15) is 11.1 Å². The van der Waals surface area contributed by atoms with E-state index in [4.69, 9.17) is 0 Å². The molecule has 0 atom stereocenters. The van der Waals surface area contributed by atoms with Gasteiger partial charge in [-0.05, 0) is 61.1 Å². The average molecular weight is 553 g/mol. The number of carbonyl (C=O) groups excluding carboxylic acids is 1. The molecular weight excluding hydrogens is 520 g/mol. The Morgan fingerprint density at radius 2 is 1.45 bits per heavy atom. The van der Waals surface area contributed by atoms with Crippen LogP contribution in [0, 0.1) is 0 Å². The van der Waals surface area contributed by atoms with Crippen molar-refractivity contribution in [3.8, 4) is 11.1 Å². The zero-order chi connectivity index (χ0) is 28.3. The van der Waals surface area contributed by atoms with Crippen molar-refractivity contribution in [1.82, 2.24) is 4.90 Å². The van der Waals surface area contributed by atoms with Crippen LogP contribution in [0.25, 0.3) is 22.4 Å². The fourth-order valence-electron chi connectivity index (χ4n) is 4.75. The highest BCUT2D eigenvalue weighted by Crippen LogP contribution is 2.39. The molecule has 4 aromatic rings. The number of nitrogens with one attached hydrogen (secondary N) is 2. The summed E-state index contributed by atoms with van der Waals surface area (Å²) in [6.07, 6.45) is 1.21. The van der Waals surface area contributed by atoms with Crippen LogP contribution < -0.4 is 14.9 Å². The summed E-state index contributed by atoms with van der Waals surface area (Å²) in [7, 11) is 0.371. The largest absolute Gasteiger partial charge is 0.354 e. The van der Waals surface area contributed by atoms with E-state index in [9.17, 15) is 13.2 Å². The fourth-order valence-corrected chi connectivity index (χ4v) is 5.67. The van der Waals surface area contributed by atoms with Gasteiger partial charge in [-0.25, -0.2) is 8.42 Å². The molecule has 0 aromatic heterocycles. The van der Waals surface area contributed by atoms with Crippen molar-refractivity contribution in [2.75, 3.05) is 48.4 Å². The first kappa shape index (κ1) is 27.2. The Hall–Kier alpha value is -4.40. The molecule has 1 aliphatic heterocycles. The van der Waals surface area contributed by atoms with Gasteiger partial charge in [0, 0.05) is 30.0 Å². The third kappa shape index (κ3) is 5.93. The smallest absolute Gasteiger partial charge is 0.258 e. The molecule has 7 nitrogen and oxygen atoms in total. The van der Waals surface area contributed by atoms with Crippen LogP contribution in [0.15, 0.2) is 103 Å². The summed E-state index contributed by atoms with van der Waals surface area (Å²) in [6, 6.07) is 33.0. The molecule has 1 heterocycles. The van der Waals surface area contributed by atoms with Gasteiger partial charge in [0.1, 0.15) is 0 Å². The number of fused-ring (bicyclic) bond motifs is 1. The number of hydrogen-bond acceptors (Lipinski definition) is 5. The van der Waals surface area contributed by atoms with E-state index in [1.54, 1.807) is 12.1 Å². The lowest BCUT2D eigenvalue weighted by atomic mass is 9.97. The molecule has 1 amide bonds. The topological polar surface area (TPSA) is 81.8 Å². The number of hydrogen-bond donors (Lipinski definition) is 2. The summed E-state index contributed by atoms with van der Waals surface area (Å²) in [5, 5.41) is 6.50. The molecule has 0 aliphatic carbocycles. The minimum absolute atomic E-state index is 0.185. The van der Waals surface area contributed by atoms with Crippen molar-refractivity contribution in [3.63, 3.8) is 0 Å². The Labute approximate surface area is 235 Å². The molecule has 0 radical (unpaired) electrons. The first-order chi connectivity index (χ1) is 19.2. The molecular formula is C32H32N4O3S. The van der Waals surface area contributed by atoms with Gasteiger partial charge in [-0.1, -0.05) is 72.8 Å². The molecule has 8 heteroatoms. The summed E-state index contributed by atoms with van der Waals surface area (Å²) in [6.45, 7) is 0.942. The van der Waals surface area contributed by atoms with Crippen LogP contribution in [0.4, 0.5) is 17.1 Å². The highest BCUT2D eigenvalue weighted by Gasteiger charge is 2.29. The number of carbonyl (C=O) groups is 1. The van der Waals surface area contributed by atoms with E-state index < -0.39 is 10.0 Å². The summed E-state index contributed by atoms with van der Waals surface area (Å²) < 4.78 is 26.3. The van der Waals surface area contributed by atoms with E-state index in [0.29, 0.717) is 30.0 Å². The highest BCUT2D eigenvalue weighted by molar-refractivity contribution is 7.92. The van der Waals surface area contributed by atoms with Crippen LogP contribution >= 0.6 is 0 Å². The maximum absolute atomic E-state index is 13.4. The summed E-state index contributed by atoms with van der Waals surface area (Å²) in [4.78, 5) is 15.3. The molecule has 0 saturated carbocycles. The lowest BCUT2D eigenvalue weighted by Gasteiger charge is -2.24. The maximum Gasteiger partial charge on any atom is 0.258 e. The Balaban J connectivity index is 1.52. The second kappa shape index (κ2) is 11.4. The van der Waals surface area contributed by atoms with E-state index in [-0.39, 0.29) is 5.91 Å². The molecule has 0 unspecified atom stereocenters. The minimum Gasteiger partial charge on any atom is -0.354 e. The quantitative estimate of drug-likeness (QED) is 0.264. The van der Waals surface area contributed by atoms with Gasteiger partial charge < -0.3 is 15.5 Å². The number of likely N-dealkylation sites (N-methyl/N-ethyl adjacent to an activating group) is 1. The standard InChI is InChI=1S/C32H32N4O3S/c1-35(2)20-21-36(40(3,38)39)27-17-15-26(16-18-27)33-31(24-12-8-5-9-13-24)30-28-19-14-25(22-29(28)34-32(30)37)23-10-6-4-7-11-23/h4-19,22,33H,20-21H2,1-3H3,(H,34,37)/b31-30-. The minimum atomic E-state index is -3.45. The Morgan fingerprint density at radius 3 is 2.08 bits per heavy atom. The van der Waals surface area contributed by atoms with Crippen molar-refractivity contribution in [2.45, 2.75) is 0 Å². The van der Waals surface area contributed by atoms with Gasteiger partial charge in [0.2, 0.25) is 10.0 Å². The molecule has 40 heavy (non-hydrogen) atoms. The number of anilines is 3. The number of rotatable bonds is 9. The van der Waals surface area contributed by atoms with E-state index in [0.717, 1.165) is 33.6 Å². The second-order valence-corrected chi connectivity index (χ2v) is 11.9. The Bertz CT molecular complexity index is 1650. The van der Waals surface area contributed by atoms with Gasteiger partial charge in [-0.2, -0.15) is 0 Å². The van der Waals surface area contributed by atoms with Crippen molar-refractivity contribution in [3.05, 3.63) is 114 Å². The van der Waals surface area contributed by atoms with Gasteiger partial charge in [0.25, 0.3) is 5.91 Å². The van der Waals surface area contributed by atoms with Crippen molar-refractivity contribution >= 4 is 44.3 Å². The second-order valence-electron chi connectivity index (χ2n) is 10.0. The van der Waals surface area contributed by atoms with Crippen LogP contribution in [0.2, 0.25) is 0 Å². The number of amides is 1. The van der Waals surface area contributed by atoms with Gasteiger partial charge in [0.05, 0.1) is 23.2 Å². The molecule has 2 N–H and O–H groups in total. The molecule has 0 bridgehead atoms. The SMILES string of the molecule is CN(C)CCN(c1ccc(N/C(=C2\C(=O)Nc3cc(-c4ccccc4)ccc32)c2ccccc2)cc1)S(C)(=O)=O. The lowest BCUT2D eigenvalue weighted by molar-refractivity contribution is -0.110. The lowest BCUT2D eigenvalue weighted by Crippen LogP contribution is -2.35. The van der Waals surface area contributed by atoms with E-state index in [1.165, 1.54) is 10.6 Å². The summed E-state index contributed by atoms with van der Waals surface area (Å²) in [5.74, 6) is -0.185. The predicted molar refractivity (Wildman–Crippen MR) is 165 cm³/mol. The first-order valence-corrected chi connectivity index (χ1v) is 14.9. The number of benzene rings is 4. The van der Waals surface area contributed by atoms with Crippen molar-refractivity contribution < 1.29 is 13.2 Å². The fraction of sp³-hybridized carbons (Fsp3) is 0.156. The highest BCUT2D eigenvalue weighted by atomic mass is 32.2. The van der Waals surface area contributed by atoms with Crippen molar-refractivity contribution in [2.24, 2.45) is 0 Å². The Kier molecular flexibility index (Phi) is 7.73. The molecule has 1 aliphatic rings. The monoisotopic (exact) mass is 552 g/mol. The van der Waals surface area contributed by atoms with E-state index in [2.05, 4.69) is 10.6 Å². The number of sulfonamides is 1. The zero-order valence-corrected chi connectivity index (χ0v) is 23.6. The van der Waals surface area contributed by atoms with Crippen LogP contribution in [0.5, 0.6) is 0 Å². The summed E-state index contributed by atoms with van der Waals surface area (Å²) in [5.41, 5.74) is 7.08. The molecule has 5 rings (SSSR count). The van der Waals surface area contributed by atoms with Crippen LogP contribution in [-0.4, -0.2) is 52.7 Å².